The third-order valence-electron chi connectivity index (χ3n) is 2.03. The number of thioether (sulfide) groups is 1. The molecule has 0 saturated carbocycles. The molecule has 1 aromatic rings. The summed E-state index contributed by atoms with van der Waals surface area (Å²) in [4.78, 5) is 12.4. The SMILES string of the molecule is CCSc1cc(CC#N)ccc1C(=O)OC. The smallest absolute Gasteiger partial charge is 0.338 e. The molecule has 0 fully saturated rings. The predicted octanol–water partition coefficient (Wildman–Crippen LogP) is 2.65. The number of hydrogen-bond donors (Lipinski definition) is 0. The number of rotatable bonds is 4. The third-order valence-corrected chi connectivity index (χ3v) is 2.97. The van der Waals surface area contributed by atoms with Crippen molar-refractivity contribution in [2.75, 3.05) is 12.9 Å². The maximum absolute atomic E-state index is 11.5. The number of hydrogen-bond acceptors (Lipinski definition) is 4. The molecule has 0 atom stereocenters. The Hall–Kier alpha value is -1.47. The van der Waals surface area contributed by atoms with Crippen molar-refractivity contribution in [2.24, 2.45) is 0 Å². The highest BCUT2D eigenvalue weighted by Crippen LogP contribution is 2.24. The van der Waals surface area contributed by atoms with E-state index >= 15 is 0 Å². The fourth-order valence-electron chi connectivity index (χ4n) is 1.32. The summed E-state index contributed by atoms with van der Waals surface area (Å²) in [7, 11) is 1.37. The largest absolute Gasteiger partial charge is 0.465 e. The summed E-state index contributed by atoms with van der Waals surface area (Å²) >= 11 is 1.58. The Morgan fingerprint density at radius 1 is 1.56 bits per heavy atom. The Bertz CT molecular complexity index is 424. The molecule has 0 aromatic heterocycles. The minimum absolute atomic E-state index is 0.334. The summed E-state index contributed by atoms with van der Waals surface area (Å²) in [6.07, 6.45) is 0.360. The number of benzene rings is 1. The van der Waals surface area contributed by atoms with Crippen molar-refractivity contribution in [3.63, 3.8) is 0 Å². The monoisotopic (exact) mass is 235 g/mol. The van der Waals surface area contributed by atoms with E-state index in [0.29, 0.717) is 12.0 Å². The Labute approximate surface area is 99.4 Å². The third kappa shape index (κ3) is 3.01. The summed E-state index contributed by atoms with van der Waals surface area (Å²) in [6, 6.07) is 7.47. The number of ether oxygens (including phenoxy) is 1. The first-order chi connectivity index (χ1) is 7.72. The van der Waals surface area contributed by atoms with Gasteiger partial charge in [0.2, 0.25) is 0 Å². The molecular weight excluding hydrogens is 222 g/mol. The first kappa shape index (κ1) is 12.6. The maximum Gasteiger partial charge on any atom is 0.338 e. The zero-order chi connectivity index (χ0) is 12.0. The Balaban J connectivity index is 3.09. The molecule has 0 bridgehead atoms. The van der Waals surface area contributed by atoms with Gasteiger partial charge in [0.15, 0.2) is 0 Å². The molecule has 0 amide bonds. The maximum atomic E-state index is 11.5. The van der Waals surface area contributed by atoms with Gasteiger partial charge in [0.25, 0.3) is 0 Å². The van der Waals surface area contributed by atoms with Crippen LogP contribution in [-0.2, 0) is 11.2 Å². The van der Waals surface area contributed by atoms with Gasteiger partial charge in [0.05, 0.1) is 25.2 Å². The summed E-state index contributed by atoms with van der Waals surface area (Å²) in [5, 5.41) is 8.62. The molecule has 1 rings (SSSR count). The fourth-order valence-corrected chi connectivity index (χ4v) is 2.17. The van der Waals surface area contributed by atoms with Crippen molar-refractivity contribution < 1.29 is 9.53 Å². The second kappa shape index (κ2) is 6.19. The number of carbonyl (C=O) groups is 1. The van der Waals surface area contributed by atoms with Crippen LogP contribution in [0.2, 0.25) is 0 Å². The minimum Gasteiger partial charge on any atom is -0.465 e. The van der Waals surface area contributed by atoms with Crippen molar-refractivity contribution >= 4 is 17.7 Å². The lowest BCUT2D eigenvalue weighted by Gasteiger charge is -2.07. The van der Waals surface area contributed by atoms with Crippen LogP contribution in [0.25, 0.3) is 0 Å². The Kier molecular flexibility index (Phi) is 4.87. The first-order valence-corrected chi connectivity index (χ1v) is 5.92. The van der Waals surface area contributed by atoms with Crippen molar-refractivity contribution in [1.82, 2.24) is 0 Å². The average molecular weight is 235 g/mol. The number of carbonyl (C=O) groups excluding carboxylic acids is 1. The van der Waals surface area contributed by atoms with Crippen LogP contribution in [0.5, 0.6) is 0 Å². The molecule has 0 spiro atoms. The van der Waals surface area contributed by atoms with Gasteiger partial charge in [-0.3, -0.25) is 0 Å². The van der Waals surface area contributed by atoms with Crippen molar-refractivity contribution in [1.29, 1.82) is 5.26 Å². The van der Waals surface area contributed by atoms with Crippen molar-refractivity contribution in [3.05, 3.63) is 29.3 Å². The number of methoxy groups -OCH3 is 1. The van der Waals surface area contributed by atoms with E-state index in [1.54, 1.807) is 23.9 Å². The molecule has 4 heteroatoms. The van der Waals surface area contributed by atoms with Gasteiger partial charge in [-0.05, 0) is 23.4 Å². The van der Waals surface area contributed by atoms with E-state index in [1.165, 1.54) is 7.11 Å². The van der Waals surface area contributed by atoms with Gasteiger partial charge >= 0.3 is 5.97 Å². The van der Waals surface area contributed by atoms with E-state index in [2.05, 4.69) is 6.07 Å². The van der Waals surface area contributed by atoms with Crippen molar-refractivity contribution in [2.45, 2.75) is 18.2 Å². The van der Waals surface area contributed by atoms with Gasteiger partial charge in [0.1, 0.15) is 0 Å². The van der Waals surface area contributed by atoms with E-state index in [-0.39, 0.29) is 5.97 Å². The van der Waals surface area contributed by atoms with Gasteiger partial charge in [-0.2, -0.15) is 5.26 Å². The zero-order valence-corrected chi connectivity index (χ0v) is 10.1. The second-order valence-corrected chi connectivity index (χ2v) is 4.40. The van der Waals surface area contributed by atoms with E-state index in [0.717, 1.165) is 16.2 Å². The van der Waals surface area contributed by atoms with Crippen LogP contribution in [0.15, 0.2) is 23.1 Å². The van der Waals surface area contributed by atoms with E-state index in [9.17, 15) is 4.79 Å². The molecule has 0 aliphatic carbocycles. The first-order valence-electron chi connectivity index (χ1n) is 4.94. The topological polar surface area (TPSA) is 50.1 Å². The van der Waals surface area contributed by atoms with Gasteiger partial charge in [-0.15, -0.1) is 11.8 Å². The van der Waals surface area contributed by atoms with E-state index < -0.39 is 0 Å². The lowest BCUT2D eigenvalue weighted by Crippen LogP contribution is -2.03. The van der Waals surface area contributed by atoms with Crippen LogP contribution in [0.1, 0.15) is 22.8 Å². The molecule has 84 valence electrons. The van der Waals surface area contributed by atoms with Crippen LogP contribution in [0.3, 0.4) is 0 Å². The molecule has 3 nitrogen and oxygen atoms in total. The standard InChI is InChI=1S/C12H13NO2S/c1-3-16-11-8-9(6-7-13)4-5-10(11)12(14)15-2/h4-5,8H,3,6H2,1-2H3. The van der Waals surface area contributed by atoms with E-state index in [4.69, 9.17) is 10.00 Å². The van der Waals surface area contributed by atoms with Gasteiger partial charge < -0.3 is 4.74 Å². The number of nitrogens with zero attached hydrogens (tertiary/aromatic N) is 1. The molecule has 0 saturated heterocycles. The average Bonchev–Trinajstić information content (AvgIpc) is 2.29. The van der Waals surface area contributed by atoms with Gasteiger partial charge in [-0.1, -0.05) is 13.0 Å². The second-order valence-electron chi connectivity index (χ2n) is 3.09. The summed E-state index contributed by atoms with van der Waals surface area (Å²) < 4.78 is 4.71. The number of esters is 1. The molecule has 16 heavy (non-hydrogen) atoms. The lowest BCUT2D eigenvalue weighted by molar-refractivity contribution is 0.0597. The molecular formula is C12H13NO2S. The lowest BCUT2D eigenvalue weighted by atomic mass is 10.1. The molecule has 0 heterocycles. The van der Waals surface area contributed by atoms with Crippen LogP contribution < -0.4 is 0 Å². The van der Waals surface area contributed by atoms with Gasteiger partial charge in [0, 0.05) is 4.90 Å². The highest BCUT2D eigenvalue weighted by molar-refractivity contribution is 7.99. The highest BCUT2D eigenvalue weighted by atomic mass is 32.2. The Morgan fingerprint density at radius 2 is 2.31 bits per heavy atom. The molecule has 0 unspecified atom stereocenters. The minimum atomic E-state index is -0.334. The summed E-state index contributed by atoms with van der Waals surface area (Å²) in [6.45, 7) is 2.02. The van der Waals surface area contributed by atoms with Crippen LogP contribution >= 0.6 is 11.8 Å². The van der Waals surface area contributed by atoms with Crippen LogP contribution in [0.4, 0.5) is 0 Å². The molecule has 0 N–H and O–H groups in total. The zero-order valence-electron chi connectivity index (χ0n) is 9.32. The Morgan fingerprint density at radius 3 is 2.88 bits per heavy atom. The molecule has 0 aliphatic heterocycles. The normalized spacial score (nSPS) is 9.56. The molecule has 0 aliphatic rings. The van der Waals surface area contributed by atoms with Crippen LogP contribution in [-0.4, -0.2) is 18.8 Å². The van der Waals surface area contributed by atoms with Crippen molar-refractivity contribution in [3.8, 4) is 6.07 Å². The van der Waals surface area contributed by atoms with E-state index in [1.807, 2.05) is 13.0 Å². The molecule has 1 aromatic carbocycles. The summed E-state index contributed by atoms with van der Waals surface area (Å²) in [5.41, 5.74) is 1.49. The highest BCUT2D eigenvalue weighted by Gasteiger charge is 2.12. The quantitative estimate of drug-likeness (QED) is 0.594. The summed E-state index contributed by atoms with van der Waals surface area (Å²) in [5.74, 6) is 0.541. The number of nitriles is 1. The fraction of sp³-hybridized carbons (Fsp3) is 0.333. The molecule has 0 radical (unpaired) electrons. The predicted molar refractivity (Wildman–Crippen MR) is 63.5 cm³/mol. The van der Waals surface area contributed by atoms with Gasteiger partial charge in [-0.25, -0.2) is 4.79 Å². The van der Waals surface area contributed by atoms with Crippen LogP contribution in [0, 0.1) is 11.3 Å².